The lowest BCUT2D eigenvalue weighted by molar-refractivity contribution is 0.621. The average molecular weight is 212 g/mol. The molecule has 1 aliphatic heterocycles. The zero-order valence-electron chi connectivity index (χ0n) is 8.15. The molecule has 2 atom stereocenters. The van der Waals surface area contributed by atoms with Gasteiger partial charge in [0.05, 0.1) is 5.02 Å². The van der Waals surface area contributed by atoms with Gasteiger partial charge >= 0.3 is 0 Å². The highest BCUT2D eigenvalue weighted by Crippen LogP contribution is 2.23. The molecule has 0 spiro atoms. The topological polar surface area (TPSA) is 42.1 Å². The molecule has 1 aliphatic rings. The largest absolute Gasteiger partial charge is 0.352 e. The number of rotatable bonds is 1. The maximum atomic E-state index is 5.94. The van der Waals surface area contributed by atoms with E-state index in [2.05, 4.69) is 16.8 Å². The molecule has 0 bridgehead atoms. The van der Waals surface area contributed by atoms with E-state index in [1.54, 1.807) is 6.20 Å². The minimum absolute atomic E-state index is 0.257. The number of hydrogen-bond acceptors (Lipinski definition) is 3. The molecule has 2 rings (SSSR count). The van der Waals surface area contributed by atoms with E-state index in [0.29, 0.717) is 11.1 Å². The van der Waals surface area contributed by atoms with Crippen LogP contribution < -0.4 is 10.6 Å². The summed E-state index contributed by atoms with van der Waals surface area (Å²) in [6.45, 7) is 3.12. The van der Waals surface area contributed by atoms with Crippen LogP contribution in [0.5, 0.6) is 0 Å². The monoisotopic (exact) mass is 211 g/mol. The van der Waals surface area contributed by atoms with Crippen molar-refractivity contribution in [3.8, 4) is 0 Å². The van der Waals surface area contributed by atoms with Gasteiger partial charge in [-0.05, 0) is 25.5 Å². The predicted molar refractivity (Wildman–Crippen MR) is 58.6 cm³/mol. The number of anilines is 1. The van der Waals surface area contributed by atoms with Crippen molar-refractivity contribution >= 4 is 17.4 Å². The first kappa shape index (κ1) is 9.74. The van der Waals surface area contributed by atoms with Gasteiger partial charge in [0.2, 0.25) is 0 Å². The van der Waals surface area contributed by atoms with Crippen molar-refractivity contribution in [2.75, 3.05) is 11.4 Å². The van der Waals surface area contributed by atoms with Crippen molar-refractivity contribution in [3.63, 3.8) is 0 Å². The summed E-state index contributed by atoms with van der Waals surface area (Å²) in [4.78, 5) is 6.51. The van der Waals surface area contributed by atoms with Gasteiger partial charge in [-0.2, -0.15) is 0 Å². The smallest absolute Gasteiger partial charge is 0.128 e. The Morgan fingerprint density at radius 3 is 2.86 bits per heavy atom. The summed E-state index contributed by atoms with van der Waals surface area (Å²) < 4.78 is 0. The number of pyridine rings is 1. The number of nitrogens with two attached hydrogens (primary N) is 1. The highest BCUT2D eigenvalue weighted by molar-refractivity contribution is 6.30. The SMILES string of the molecule is CC1C(N)CCN1c1ccc(Cl)cn1. The molecule has 2 N–H and O–H groups in total. The highest BCUT2D eigenvalue weighted by Gasteiger charge is 2.28. The van der Waals surface area contributed by atoms with Crippen LogP contribution in [-0.4, -0.2) is 23.6 Å². The Morgan fingerprint density at radius 2 is 2.36 bits per heavy atom. The summed E-state index contributed by atoms with van der Waals surface area (Å²) in [7, 11) is 0. The number of aromatic nitrogens is 1. The summed E-state index contributed by atoms with van der Waals surface area (Å²) in [5.74, 6) is 0.967. The van der Waals surface area contributed by atoms with Crippen molar-refractivity contribution in [3.05, 3.63) is 23.4 Å². The van der Waals surface area contributed by atoms with Gasteiger partial charge in [0, 0.05) is 24.8 Å². The standard InChI is InChI=1S/C10H14ClN3/c1-7-9(12)4-5-14(7)10-3-2-8(11)6-13-10/h2-3,6-7,9H,4-5,12H2,1H3. The summed E-state index contributed by atoms with van der Waals surface area (Å²) in [6.07, 6.45) is 2.71. The zero-order valence-corrected chi connectivity index (χ0v) is 8.91. The molecular weight excluding hydrogens is 198 g/mol. The van der Waals surface area contributed by atoms with Gasteiger partial charge in [0.1, 0.15) is 5.82 Å². The van der Waals surface area contributed by atoms with Crippen LogP contribution in [0.1, 0.15) is 13.3 Å². The molecule has 76 valence electrons. The molecule has 1 saturated heterocycles. The van der Waals surface area contributed by atoms with Gasteiger partial charge < -0.3 is 10.6 Å². The van der Waals surface area contributed by atoms with Crippen LogP contribution in [0.3, 0.4) is 0 Å². The fourth-order valence-corrected chi connectivity index (χ4v) is 1.94. The molecule has 3 nitrogen and oxygen atoms in total. The van der Waals surface area contributed by atoms with Gasteiger partial charge in [-0.25, -0.2) is 4.98 Å². The van der Waals surface area contributed by atoms with E-state index in [1.165, 1.54) is 0 Å². The lowest BCUT2D eigenvalue weighted by Gasteiger charge is -2.24. The van der Waals surface area contributed by atoms with Crippen LogP contribution in [-0.2, 0) is 0 Å². The highest BCUT2D eigenvalue weighted by atomic mass is 35.5. The lowest BCUT2D eigenvalue weighted by atomic mass is 10.2. The lowest BCUT2D eigenvalue weighted by Crippen LogP contribution is -2.37. The molecule has 2 heterocycles. The number of halogens is 1. The predicted octanol–water partition coefficient (Wildman–Crippen LogP) is 1.66. The molecule has 14 heavy (non-hydrogen) atoms. The molecular formula is C10H14ClN3. The molecule has 0 radical (unpaired) electrons. The van der Waals surface area contributed by atoms with E-state index < -0.39 is 0 Å². The van der Waals surface area contributed by atoms with E-state index in [9.17, 15) is 0 Å². The van der Waals surface area contributed by atoms with Crippen LogP contribution in [0.25, 0.3) is 0 Å². The van der Waals surface area contributed by atoms with Crippen molar-refractivity contribution < 1.29 is 0 Å². The molecule has 4 heteroatoms. The van der Waals surface area contributed by atoms with Crippen molar-refractivity contribution in [1.82, 2.24) is 4.98 Å². The van der Waals surface area contributed by atoms with Gasteiger partial charge in [0.25, 0.3) is 0 Å². The minimum Gasteiger partial charge on any atom is -0.352 e. The first-order valence-electron chi connectivity index (χ1n) is 4.82. The van der Waals surface area contributed by atoms with Crippen LogP contribution in [0, 0.1) is 0 Å². The van der Waals surface area contributed by atoms with Crippen LogP contribution in [0.4, 0.5) is 5.82 Å². The second-order valence-electron chi connectivity index (χ2n) is 3.72. The van der Waals surface area contributed by atoms with E-state index in [-0.39, 0.29) is 6.04 Å². The second kappa shape index (κ2) is 3.75. The van der Waals surface area contributed by atoms with Crippen LogP contribution >= 0.6 is 11.6 Å². The summed E-state index contributed by atoms with van der Waals surface area (Å²) in [5.41, 5.74) is 5.94. The van der Waals surface area contributed by atoms with Gasteiger partial charge in [-0.3, -0.25) is 0 Å². The average Bonchev–Trinajstić information content (AvgIpc) is 2.50. The molecule has 0 aliphatic carbocycles. The minimum atomic E-state index is 0.257. The van der Waals surface area contributed by atoms with Crippen molar-refractivity contribution in [2.24, 2.45) is 5.73 Å². The normalized spacial score (nSPS) is 26.9. The zero-order chi connectivity index (χ0) is 10.1. The fourth-order valence-electron chi connectivity index (χ4n) is 1.83. The molecule has 1 fully saturated rings. The Hall–Kier alpha value is -0.800. The van der Waals surface area contributed by atoms with E-state index in [1.807, 2.05) is 12.1 Å². The molecule has 0 aromatic carbocycles. The first-order chi connectivity index (χ1) is 6.68. The second-order valence-corrected chi connectivity index (χ2v) is 4.16. The van der Waals surface area contributed by atoms with Crippen LogP contribution in [0.15, 0.2) is 18.3 Å². The van der Waals surface area contributed by atoms with E-state index in [0.717, 1.165) is 18.8 Å². The Labute approximate surface area is 88.9 Å². The maximum Gasteiger partial charge on any atom is 0.128 e. The Balaban J connectivity index is 2.19. The molecule has 0 amide bonds. The first-order valence-corrected chi connectivity index (χ1v) is 5.20. The van der Waals surface area contributed by atoms with Crippen molar-refractivity contribution in [2.45, 2.75) is 25.4 Å². The Kier molecular flexibility index (Phi) is 2.61. The van der Waals surface area contributed by atoms with E-state index in [4.69, 9.17) is 17.3 Å². The molecule has 0 saturated carbocycles. The third-order valence-corrected chi connectivity index (χ3v) is 3.04. The molecule has 1 aromatic heterocycles. The summed E-state index contributed by atoms with van der Waals surface area (Å²) in [6, 6.07) is 4.42. The Bertz CT molecular complexity index is 312. The third kappa shape index (κ3) is 1.70. The van der Waals surface area contributed by atoms with Gasteiger partial charge in [-0.15, -0.1) is 0 Å². The quantitative estimate of drug-likeness (QED) is 0.769. The van der Waals surface area contributed by atoms with Crippen molar-refractivity contribution in [1.29, 1.82) is 0 Å². The number of hydrogen-bond donors (Lipinski definition) is 1. The molecule has 2 unspecified atom stereocenters. The third-order valence-electron chi connectivity index (χ3n) is 2.82. The Morgan fingerprint density at radius 1 is 1.57 bits per heavy atom. The summed E-state index contributed by atoms with van der Waals surface area (Å²) in [5, 5.41) is 0.671. The maximum absolute atomic E-state index is 5.94. The van der Waals surface area contributed by atoms with Gasteiger partial charge in [0.15, 0.2) is 0 Å². The van der Waals surface area contributed by atoms with E-state index >= 15 is 0 Å². The number of nitrogens with zero attached hydrogens (tertiary/aromatic N) is 2. The summed E-state index contributed by atoms with van der Waals surface area (Å²) >= 11 is 5.78. The van der Waals surface area contributed by atoms with Gasteiger partial charge in [-0.1, -0.05) is 11.6 Å². The fraction of sp³-hybridized carbons (Fsp3) is 0.500. The van der Waals surface area contributed by atoms with Crippen LogP contribution in [0.2, 0.25) is 5.02 Å². The molecule has 1 aromatic rings.